The minimum absolute atomic E-state index is 0.0468. The van der Waals surface area contributed by atoms with Gasteiger partial charge in [0.25, 0.3) is 0 Å². The second-order valence-electron chi connectivity index (χ2n) is 4.00. The lowest BCUT2D eigenvalue weighted by Crippen LogP contribution is -2.47. The Hall–Kier alpha value is -1.53. The molecule has 1 aliphatic rings. The highest BCUT2D eigenvalue weighted by Gasteiger charge is 2.12. The van der Waals surface area contributed by atoms with Gasteiger partial charge in [-0.2, -0.15) is 0 Å². The van der Waals surface area contributed by atoms with Gasteiger partial charge in [0.05, 0.1) is 18.8 Å². The lowest BCUT2D eigenvalue weighted by Gasteiger charge is -2.26. The molecule has 92 valence electrons. The maximum atomic E-state index is 11.7. The second-order valence-corrected chi connectivity index (χ2v) is 4.00. The Morgan fingerprint density at radius 1 is 1.47 bits per heavy atom. The van der Waals surface area contributed by atoms with E-state index in [-0.39, 0.29) is 5.91 Å². The number of carbonyl (C=O) groups is 1. The largest absolute Gasteiger partial charge is 0.349 e. The van der Waals surface area contributed by atoms with Crippen molar-refractivity contribution in [2.45, 2.75) is 6.54 Å². The summed E-state index contributed by atoms with van der Waals surface area (Å²) in [7, 11) is 0. The van der Waals surface area contributed by atoms with Crippen molar-refractivity contribution in [2.75, 3.05) is 32.7 Å². The van der Waals surface area contributed by atoms with Gasteiger partial charge >= 0.3 is 0 Å². The van der Waals surface area contributed by atoms with Gasteiger partial charge in [-0.25, -0.2) is 9.97 Å². The van der Waals surface area contributed by atoms with E-state index in [4.69, 9.17) is 0 Å². The zero-order valence-electron chi connectivity index (χ0n) is 9.72. The molecular formula is C11H17N5O. The van der Waals surface area contributed by atoms with Crippen LogP contribution in [0.3, 0.4) is 0 Å². The van der Waals surface area contributed by atoms with Crippen molar-refractivity contribution in [1.29, 1.82) is 0 Å². The van der Waals surface area contributed by atoms with Crippen LogP contribution in [0.5, 0.6) is 0 Å². The summed E-state index contributed by atoms with van der Waals surface area (Å²) in [6, 6.07) is 1.80. The van der Waals surface area contributed by atoms with Crippen LogP contribution in [0.15, 0.2) is 18.6 Å². The SMILES string of the molecule is O=C(CN1CCNCC1)NCc1ccncn1. The third-order valence-corrected chi connectivity index (χ3v) is 2.69. The van der Waals surface area contributed by atoms with Crippen molar-refractivity contribution in [2.24, 2.45) is 0 Å². The number of hydrogen-bond acceptors (Lipinski definition) is 5. The predicted molar refractivity (Wildman–Crippen MR) is 63.2 cm³/mol. The Balaban J connectivity index is 1.70. The fourth-order valence-electron chi connectivity index (χ4n) is 1.74. The summed E-state index contributed by atoms with van der Waals surface area (Å²) in [5.74, 6) is 0.0468. The molecule has 0 spiro atoms. The standard InChI is InChI=1S/C11H17N5O/c17-11(8-16-5-3-12-4-6-16)14-7-10-1-2-13-9-15-10/h1-2,9,12H,3-8H2,(H,14,17). The van der Waals surface area contributed by atoms with Gasteiger partial charge in [-0.1, -0.05) is 0 Å². The van der Waals surface area contributed by atoms with Crippen molar-refractivity contribution < 1.29 is 4.79 Å². The molecule has 2 rings (SSSR count). The van der Waals surface area contributed by atoms with Gasteiger partial charge in [-0.15, -0.1) is 0 Å². The predicted octanol–water partition coefficient (Wildman–Crippen LogP) is -1.00. The normalized spacial score (nSPS) is 16.7. The molecule has 1 aromatic rings. The number of nitrogens with one attached hydrogen (secondary N) is 2. The van der Waals surface area contributed by atoms with Crippen LogP contribution in [-0.4, -0.2) is 53.5 Å². The van der Waals surface area contributed by atoms with Crippen LogP contribution < -0.4 is 10.6 Å². The number of nitrogens with zero attached hydrogens (tertiary/aromatic N) is 3. The van der Waals surface area contributed by atoms with Gasteiger partial charge in [-0.05, 0) is 6.07 Å². The molecule has 1 fully saturated rings. The summed E-state index contributed by atoms with van der Waals surface area (Å²) in [4.78, 5) is 21.7. The quantitative estimate of drug-likeness (QED) is 0.700. The van der Waals surface area contributed by atoms with E-state index in [1.54, 1.807) is 12.3 Å². The summed E-state index contributed by atoms with van der Waals surface area (Å²) in [5, 5.41) is 6.11. The van der Waals surface area contributed by atoms with E-state index < -0.39 is 0 Å². The van der Waals surface area contributed by atoms with Gasteiger partial charge in [0.2, 0.25) is 5.91 Å². The zero-order chi connectivity index (χ0) is 11.9. The first kappa shape index (κ1) is 11.9. The molecule has 6 heteroatoms. The number of amides is 1. The van der Waals surface area contributed by atoms with Crippen LogP contribution >= 0.6 is 0 Å². The maximum Gasteiger partial charge on any atom is 0.234 e. The third-order valence-electron chi connectivity index (χ3n) is 2.69. The molecule has 1 amide bonds. The third kappa shape index (κ3) is 4.08. The van der Waals surface area contributed by atoms with Gasteiger partial charge in [-0.3, -0.25) is 9.69 Å². The molecule has 0 radical (unpaired) electrons. The molecule has 2 N–H and O–H groups in total. The number of carbonyl (C=O) groups excluding carboxylic acids is 1. The van der Waals surface area contributed by atoms with Crippen molar-refractivity contribution in [3.8, 4) is 0 Å². The van der Waals surface area contributed by atoms with Crippen LogP contribution in [0, 0.1) is 0 Å². The summed E-state index contributed by atoms with van der Waals surface area (Å²) in [5.41, 5.74) is 0.827. The summed E-state index contributed by atoms with van der Waals surface area (Å²) in [6.07, 6.45) is 3.16. The molecule has 1 aromatic heterocycles. The number of rotatable bonds is 4. The molecule has 17 heavy (non-hydrogen) atoms. The van der Waals surface area contributed by atoms with Crippen LogP contribution in [0.1, 0.15) is 5.69 Å². The van der Waals surface area contributed by atoms with Crippen LogP contribution in [0.2, 0.25) is 0 Å². The van der Waals surface area contributed by atoms with E-state index >= 15 is 0 Å². The maximum absolute atomic E-state index is 11.7. The van der Waals surface area contributed by atoms with Crippen molar-refractivity contribution in [1.82, 2.24) is 25.5 Å². The first-order valence-corrected chi connectivity index (χ1v) is 5.79. The molecule has 2 heterocycles. The molecule has 0 unspecified atom stereocenters. The van der Waals surface area contributed by atoms with Crippen LogP contribution in [0.25, 0.3) is 0 Å². The van der Waals surface area contributed by atoms with E-state index in [0.29, 0.717) is 13.1 Å². The highest BCUT2D eigenvalue weighted by molar-refractivity contribution is 5.77. The first-order valence-electron chi connectivity index (χ1n) is 5.79. The summed E-state index contributed by atoms with van der Waals surface area (Å²) >= 11 is 0. The van der Waals surface area contributed by atoms with E-state index in [0.717, 1.165) is 31.9 Å². The van der Waals surface area contributed by atoms with Gasteiger partial charge in [0.1, 0.15) is 6.33 Å². The van der Waals surface area contributed by atoms with E-state index in [1.807, 2.05) is 0 Å². The topological polar surface area (TPSA) is 70.2 Å². The lowest BCUT2D eigenvalue weighted by molar-refractivity contribution is -0.122. The number of aromatic nitrogens is 2. The molecule has 1 saturated heterocycles. The van der Waals surface area contributed by atoms with Gasteiger partial charge in [0.15, 0.2) is 0 Å². The van der Waals surface area contributed by atoms with E-state index in [1.165, 1.54) is 6.33 Å². The molecule has 6 nitrogen and oxygen atoms in total. The number of piperazine rings is 1. The molecule has 0 atom stereocenters. The Kier molecular flexibility index (Phi) is 4.40. The zero-order valence-corrected chi connectivity index (χ0v) is 9.72. The van der Waals surface area contributed by atoms with Crippen LogP contribution in [0.4, 0.5) is 0 Å². The fraction of sp³-hybridized carbons (Fsp3) is 0.545. The first-order chi connectivity index (χ1) is 8.34. The Morgan fingerprint density at radius 2 is 2.29 bits per heavy atom. The van der Waals surface area contributed by atoms with Crippen molar-refractivity contribution >= 4 is 5.91 Å². The molecule has 1 aliphatic heterocycles. The Bertz CT molecular complexity index is 350. The van der Waals surface area contributed by atoms with Gasteiger partial charge in [0, 0.05) is 32.4 Å². The second kappa shape index (κ2) is 6.27. The average molecular weight is 235 g/mol. The Labute approximate surface area is 100 Å². The minimum atomic E-state index is 0.0468. The summed E-state index contributed by atoms with van der Waals surface area (Å²) in [6.45, 7) is 4.71. The average Bonchev–Trinajstić information content (AvgIpc) is 2.39. The Morgan fingerprint density at radius 3 is 3.00 bits per heavy atom. The van der Waals surface area contributed by atoms with Gasteiger partial charge < -0.3 is 10.6 Å². The molecule has 0 bridgehead atoms. The van der Waals surface area contributed by atoms with Crippen molar-refractivity contribution in [3.05, 3.63) is 24.3 Å². The molecule has 0 saturated carbocycles. The summed E-state index contributed by atoms with van der Waals surface area (Å²) < 4.78 is 0. The molecule has 0 aromatic carbocycles. The van der Waals surface area contributed by atoms with Crippen LogP contribution in [-0.2, 0) is 11.3 Å². The lowest BCUT2D eigenvalue weighted by atomic mass is 10.3. The van der Waals surface area contributed by atoms with Crippen molar-refractivity contribution in [3.63, 3.8) is 0 Å². The molecule has 0 aliphatic carbocycles. The highest BCUT2D eigenvalue weighted by Crippen LogP contribution is 1.93. The fourth-order valence-corrected chi connectivity index (χ4v) is 1.74. The smallest absolute Gasteiger partial charge is 0.234 e. The van der Waals surface area contributed by atoms with E-state index in [2.05, 4.69) is 25.5 Å². The highest BCUT2D eigenvalue weighted by atomic mass is 16.2. The number of hydrogen-bond donors (Lipinski definition) is 2. The van der Waals surface area contributed by atoms with E-state index in [9.17, 15) is 4.79 Å². The minimum Gasteiger partial charge on any atom is -0.349 e. The molecular weight excluding hydrogens is 218 g/mol. The monoisotopic (exact) mass is 235 g/mol.